The molecule has 2 rings (SSSR count). The molecule has 2 aromatic rings. The number of hydrogen-bond donors (Lipinski definition) is 1. The summed E-state index contributed by atoms with van der Waals surface area (Å²) in [5, 5.41) is -0.140. The van der Waals surface area contributed by atoms with E-state index in [9.17, 15) is 12.8 Å². The summed E-state index contributed by atoms with van der Waals surface area (Å²) in [5.41, 5.74) is 0.917. The molecule has 20 heavy (non-hydrogen) atoms. The molecule has 0 unspecified atom stereocenters. The van der Waals surface area contributed by atoms with Crippen molar-refractivity contribution in [2.24, 2.45) is 0 Å². The minimum Gasteiger partial charge on any atom is -0.264 e. The summed E-state index contributed by atoms with van der Waals surface area (Å²) < 4.78 is 39.4. The average Bonchev–Trinajstić information content (AvgIpc) is 2.39. The van der Waals surface area contributed by atoms with E-state index in [1.807, 2.05) is 6.07 Å². The highest BCUT2D eigenvalue weighted by Crippen LogP contribution is 2.21. The molecule has 0 saturated heterocycles. The molecule has 0 fully saturated rings. The fourth-order valence-corrected chi connectivity index (χ4v) is 3.21. The lowest BCUT2D eigenvalue weighted by atomic mass is 10.2. The molecule has 1 heterocycles. The van der Waals surface area contributed by atoms with Crippen LogP contribution in [0.4, 0.5) is 4.39 Å². The normalized spacial score (nSPS) is 11.5. The Morgan fingerprint density at radius 2 is 2.10 bits per heavy atom. The third kappa shape index (κ3) is 3.75. The third-order valence-electron chi connectivity index (χ3n) is 2.61. The molecule has 1 N–H and O–H groups in total. The van der Waals surface area contributed by atoms with Gasteiger partial charge in [-0.25, -0.2) is 17.5 Å². The zero-order valence-corrected chi connectivity index (χ0v) is 12.0. The molecule has 4 nitrogen and oxygen atoms in total. The number of benzene rings is 1. The summed E-state index contributed by atoms with van der Waals surface area (Å²) >= 11 is 5.74. The molecule has 1 aromatic heterocycles. The van der Waals surface area contributed by atoms with Crippen LogP contribution in [0, 0.1) is 5.82 Å². The van der Waals surface area contributed by atoms with Gasteiger partial charge in [0, 0.05) is 18.9 Å². The van der Waals surface area contributed by atoms with Crippen molar-refractivity contribution in [1.82, 2.24) is 9.71 Å². The van der Waals surface area contributed by atoms with Gasteiger partial charge >= 0.3 is 0 Å². The van der Waals surface area contributed by atoms with Gasteiger partial charge < -0.3 is 0 Å². The second-order valence-electron chi connectivity index (χ2n) is 4.08. The van der Waals surface area contributed by atoms with E-state index in [1.165, 1.54) is 0 Å². The number of halogens is 2. The van der Waals surface area contributed by atoms with Crippen LogP contribution in [0.2, 0.25) is 5.02 Å². The molecule has 0 aliphatic heterocycles. The summed E-state index contributed by atoms with van der Waals surface area (Å²) in [6.07, 6.45) is 3.82. The fraction of sp³-hybridized carbons (Fsp3) is 0.154. The maximum Gasteiger partial charge on any atom is 0.242 e. The Hall–Kier alpha value is -1.50. The molecule has 0 spiro atoms. The molecular weight excluding hydrogens is 303 g/mol. The van der Waals surface area contributed by atoms with Crippen LogP contribution in [-0.4, -0.2) is 19.9 Å². The van der Waals surface area contributed by atoms with Gasteiger partial charge in [0.15, 0.2) is 0 Å². The van der Waals surface area contributed by atoms with Gasteiger partial charge in [-0.05, 0) is 36.2 Å². The highest BCUT2D eigenvalue weighted by molar-refractivity contribution is 7.89. The number of nitrogens with one attached hydrogen (secondary N) is 1. The maximum absolute atomic E-state index is 12.9. The standard InChI is InChI=1S/C13H12ClFN2O2S/c14-12-8-11(15)3-4-13(12)20(18,19)17-7-5-10-2-1-6-16-9-10/h1-4,6,8-9,17H,5,7H2. The van der Waals surface area contributed by atoms with E-state index >= 15 is 0 Å². The van der Waals surface area contributed by atoms with Gasteiger partial charge in [-0.3, -0.25) is 4.98 Å². The zero-order valence-electron chi connectivity index (χ0n) is 10.4. The van der Waals surface area contributed by atoms with Gasteiger partial charge in [0.25, 0.3) is 0 Å². The first-order valence-electron chi connectivity index (χ1n) is 5.83. The first-order chi connectivity index (χ1) is 9.49. The predicted molar refractivity (Wildman–Crippen MR) is 74.5 cm³/mol. The van der Waals surface area contributed by atoms with E-state index in [4.69, 9.17) is 11.6 Å². The van der Waals surface area contributed by atoms with E-state index in [2.05, 4.69) is 9.71 Å². The maximum atomic E-state index is 12.9. The minimum absolute atomic E-state index is 0.133. The molecule has 1 aromatic carbocycles. The minimum atomic E-state index is -3.75. The Labute approximate surface area is 121 Å². The van der Waals surface area contributed by atoms with Crippen molar-refractivity contribution >= 4 is 21.6 Å². The summed E-state index contributed by atoms with van der Waals surface area (Å²) in [7, 11) is -3.75. The molecule has 106 valence electrons. The summed E-state index contributed by atoms with van der Waals surface area (Å²) in [4.78, 5) is 3.81. The van der Waals surface area contributed by atoms with Gasteiger partial charge in [0.05, 0.1) is 5.02 Å². The number of aromatic nitrogens is 1. The molecule has 7 heteroatoms. The number of pyridine rings is 1. The Morgan fingerprint density at radius 3 is 2.75 bits per heavy atom. The lowest BCUT2D eigenvalue weighted by Crippen LogP contribution is -2.26. The van der Waals surface area contributed by atoms with Crippen molar-refractivity contribution in [2.75, 3.05) is 6.54 Å². The van der Waals surface area contributed by atoms with Crippen molar-refractivity contribution in [2.45, 2.75) is 11.3 Å². The van der Waals surface area contributed by atoms with Crippen LogP contribution < -0.4 is 4.72 Å². The van der Waals surface area contributed by atoms with Crippen LogP contribution in [0.3, 0.4) is 0 Å². The fourth-order valence-electron chi connectivity index (χ4n) is 1.65. The number of rotatable bonds is 5. The lowest BCUT2D eigenvalue weighted by Gasteiger charge is -2.08. The van der Waals surface area contributed by atoms with Gasteiger partial charge in [0.2, 0.25) is 10.0 Å². The van der Waals surface area contributed by atoms with E-state index in [0.717, 1.165) is 23.8 Å². The Kier molecular flexibility index (Phi) is 4.69. The third-order valence-corrected chi connectivity index (χ3v) is 4.56. The Morgan fingerprint density at radius 1 is 1.30 bits per heavy atom. The molecule has 0 aliphatic carbocycles. The van der Waals surface area contributed by atoms with Crippen LogP contribution in [-0.2, 0) is 16.4 Å². The smallest absolute Gasteiger partial charge is 0.242 e. The molecule has 0 atom stereocenters. The van der Waals surface area contributed by atoms with Crippen LogP contribution in [0.15, 0.2) is 47.6 Å². The van der Waals surface area contributed by atoms with E-state index in [0.29, 0.717) is 6.42 Å². The van der Waals surface area contributed by atoms with Gasteiger partial charge in [-0.15, -0.1) is 0 Å². The monoisotopic (exact) mass is 314 g/mol. The van der Waals surface area contributed by atoms with Crippen molar-refractivity contribution in [3.05, 3.63) is 59.1 Å². The van der Waals surface area contributed by atoms with Gasteiger partial charge in [-0.2, -0.15) is 0 Å². The SMILES string of the molecule is O=S(=O)(NCCc1cccnc1)c1ccc(F)cc1Cl. The van der Waals surface area contributed by atoms with Gasteiger partial charge in [-0.1, -0.05) is 17.7 Å². The molecule has 0 saturated carbocycles. The van der Waals surface area contributed by atoms with Gasteiger partial charge in [0.1, 0.15) is 10.7 Å². The van der Waals surface area contributed by atoms with Crippen molar-refractivity contribution in [1.29, 1.82) is 0 Å². The number of hydrogen-bond acceptors (Lipinski definition) is 3. The van der Waals surface area contributed by atoms with Crippen LogP contribution in [0.5, 0.6) is 0 Å². The van der Waals surface area contributed by atoms with Crippen molar-refractivity contribution in [3.63, 3.8) is 0 Å². The summed E-state index contributed by atoms with van der Waals surface area (Å²) in [5.74, 6) is -0.579. The first-order valence-corrected chi connectivity index (χ1v) is 7.69. The Bertz CT molecular complexity index is 693. The van der Waals surface area contributed by atoms with Crippen molar-refractivity contribution < 1.29 is 12.8 Å². The van der Waals surface area contributed by atoms with Crippen molar-refractivity contribution in [3.8, 4) is 0 Å². The quantitative estimate of drug-likeness (QED) is 0.922. The molecule has 0 amide bonds. The second-order valence-corrected chi connectivity index (χ2v) is 6.23. The van der Waals surface area contributed by atoms with Crippen LogP contribution in [0.25, 0.3) is 0 Å². The summed E-state index contributed by atoms with van der Waals surface area (Å²) in [6, 6.07) is 6.80. The lowest BCUT2D eigenvalue weighted by molar-refractivity contribution is 0.580. The highest BCUT2D eigenvalue weighted by Gasteiger charge is 2.17. The van der Waals surface area contributed by atoms with E-state index < -0.39 is 15.8 Å². The van der Waals surface area contributed by atoms with E-state index in [1.54, 1.807) is 18.5 Å². The molecule has 0 radical (unpaired) electrons. The zero-order chi connectivity index (χ0) is 14.6. The number of nitrogens with zero attached hydrogens (tertiary/aromatic N) is 1. The summed E-state index contributed by atoms with van der Waals surface area (Å²) in [6.45, 7) is 0.210. The van der Waals surface area contributed by atoms with Crippen LogP contribution in [0.1, 0.15) is 5.56 Å². The first kappa shape index (κ1) is 14.9. The Balaban J connectivity index is 2.04. The molecule has 0 aliphatic rings. The average molecular weight is 315 g/mol. The highest BCUT2D eigenvalue weighted by atomic mass is 35.5. The largest absolute Gasteiger partial charge is 0.264 e. The second kappa shape index (κ2) is 6.30. The molecular formula is C13H12ClFN2O2S. The molecule has 0 bridgehead atoms. The predicted octanol–water partition coefficient (Wildman–Crippen LogP) is 2.40. The number of sulfonamides is 1. The topological polar surface area (TPSA) is 59.1 Å². The van der Waals surface area contributed by atoms with E-state index in [-0.39, 0.29) is 16.5 Å². The van der Waals surface area contributed by atoms with Crippen LogP contribution >= 0.6 is 11.6 Å².